The third-order valence-corrected chi connectivity index (χ3v) is 4.50. The largest absolute Gasteiger partial charge is 0.397 e. The molecule has 6 nitrogen and oxygen atoms in total. The molecule has 1 spiro atoms. The summed E-state index contributed by atoms with van der Waals surface area (Å²) in [7, 11) is 0. The van der Waals surface area contributed by atoms with Crippen molar-refractivity contribution in [2.24, 2.45) is 0 Å². The lowest BCUT2D eigenvalue weighted by atomic mass is 10.0. The van der Waals surface area contributed by atoms with Gasteiger partial charge in [-0.2, -0.15) is 0 Å². The Morgan fingerprint density at radius 1 is 1.30 bits per heavy atom. The van der Waals surface area contributed by atoms with Gasteiger partial charge in [0.25, 0.3) is 5.91 Å². The maximum absolute atomic E-state index is 12.0. The average molecular weight is 319 g/mol. The first kappa shape index (κ1) is 16.1. The minimum Gasteiger partial charge on any atom is -0.397 e. The van der Waals surface area contributed by atoms with Crippen LogP contribution in [0.15, 0.2) is 18.2 Å². The topological polar surface area (TPSA) is 76.8 Å². The second-order valence-corrected chi connectivity index (χ2v) is 6.12. The first-order valence-corrected chi connectivity index (χ1v) is 8.34. The van der Waals surface area contributed by atoms with Gasteiger partial charge in [0, 0.05) is 38.0 Å². The van der Waals surface area contributed by atoms with E-state index < -0.39 is 0 Å². The first-order valence-electron chi connectivity index (χ1n) is 8.34. The summed E-state index contributed by atoms with van der Waals surface area (Å²) < 4.78 is 11.5. The van der Waals surface area contributed by atoms with Crippen LogP contribution in [0, 0.1) is 0 Å². The molecule has 0 radical (unpaired) electrons. The smallest absolute Gasteiger partial charge is 0.251 e. The van der Waals surface area contributed by atoms with Crippen LogP contribution in [0.4, 0.5) is 11.4 Å². The Balaban J connectivity index is 1.66. The zero-order valence-corrected chi connectivity index (χ0v) is 13.6. The van der Waals surface area contributed by atoms with Crippen molar-refractivity contribution in [2.45, 2.75) is 32.0 Å². The molecule has 2 aliphatic heterocycles. The van der Waals surface area contributed by atoms with Gasteiger partial charge in [-0.25, -0.2) is 0 Å². The van der Waals surface area contributed by atoms with E-state index in [9.17, 15) is 4.79 Å². The van der Waals surface area contributed by atoms with Crippen LogP contribution < -0.4 is 16.0 Å². The molecule has 2 saturated heterocycles. The van der Waals surface area contributed by atoms with Crippen LogP contribution in [0.5, 0.6) is 0 Å². The Morgan fingerprint density at radius 3 is 2.61 bits per heavy atom. The molecule has 2 aliphatic rings. The van der Waals surface area contributed by atoms with Crippen molar-refractivity contribution in [2.75, 3.05) is 43.5 Å². The number of nitrogens with zero attached hydrogens (tertiary/aromatic N) is 1. The number of rotatable bonds is 4. The quantitative estimate of drug-likeness (QED) is 0.827. The number of carbonyl (C=O) groups excluding carboxylic acids is 1. The number of nitrogens with two attached hydrogens (primary N) is 1. The van der Waals surface area contributed by atoms with E-state index >= 15 is 0 Å². The number of ether oxygens (including phenoxy) is 2. The number of anilines is 2. The zero-order valence-electron chi connectivity index (χ0n) is 13.6. The highest BCUT2D eigenvalue weighted by Crippen LogP contribution is 2.35. The number of carbonyl (C=O) groups is 1. The lowest BCUT2D eigenvalue weighted by Gasteiger charge is -2.39. The number of benzene rings is 1. The van der Waals surface area contributed by atoms with Crippen molar-refractivity contribution in [3.63, 3.8) is 0 Å². The third-order valence-electron chi connectivity index (χ3n) is 4.50. The van der Waals surface area contributed by atoms with Crippen LogP contribution in [-0.4, -0.2) is 44.5 Å². The van der Waals surface area contributed by atoms with Gasteiger partial charge in [0.2, 0.25) is 0 Å². The van der Waals surface area contributed by atoms with E-state index in [-0.39, 0.29) is 11.7 Å². The van der Waals surface area contributed by atoms with Gasteiger partial charge in [-0.1, -0.05) is 6.92 Å². The highest BCUT2D eigenvalue weighted by molar-refractivity contribution is 5.96. The third kappa shape index (κ3) is 3.43. The van der Waals surface area contributed by atoms with Gasteiger partial charge < -0.3 is 25.4 Å². The van der Waals surface area contributed by atoms with Gasteiger partial charge in [-0.3, -0.25) is 4.79 Å². The summed E-state index contributed by atoms with van der Waals surface area (Å²) in [5.41, 5.74) is 8.40. The Kier molecular flexibility index (Phi) is 4.73. The van der Waals surface area contributed by atoms with Crippen LogP contribution in [0.25, 0.3) is 0 Å². The van der Waals surface area contributed by atoms with E-state index in [0.717, 1.165) is 38.0 Å². The normalized spacial score (nSPS) is 20.0. The van der Waals surface area contributed by atoms with Gasteiger partial charge in [-0.05, 0) is 24.6 Å². The molecule has 0 bridgehead atoms. The van der Waals surface area contributed by atoms with Crippen molar-refractivity contribution in [1.29, 1.82) is 0 Å². The Bertz CT molecular complexity index is 560. The van der Waals surface area contributed by atoms with E-state index in [4.69, 9.17) is 15.2 Å². The standard InChI is InChI=1S/C17H25N3O3/c1-2-7-19-16(21)13-3-4-15(14(18)12-13)20-8-5-17(6-9-20)22-10-11-23-17/h3-4,12H,2,5-11,18H2,1H3,(H,19,21). The molecular formula is C17H25N3O3. The number of hydrogen-bond donors (Lipinski definition) is 2. The molecule has 0 saturated carbocycles. The van der Waals surface area contributed by atoms with Crippen LogP contribution in [0.2, 0.25) is 0 Å². The summed E-state index contributed by atoms with van der Waals surface area (Å²) in [6.07, 6.45) is 2.59. The maximum atomic E-state index is 12.0. The highest BCUT2D eigenvalue weighted by atomic mass is 16.7. The van der Waals surface area contributed by atoms with Crippen LogP contribution in [-0.2, 0) is 9.47 Å². The van der Waals surface area contributed by atoms with E-state index in [1.807, 2.05) is 19.1 Å². The summed E-state index contributed by atoms with van der Waals surface area (Å²) in [5, 5.41) is 2.87. The van der Waals surface area contributed by atoms with Gasteiger partial charge in [-0.15, -0.1) is 0 Å². The zero-order chi connectivity index (χ0) is 16.3. The molecule has 0 atom stereocenters. The number of piperidine rings is 1. The van der Waals surface area contributed by atoms with E-state index in [0.29, 0.717) is 31.0 Å². The summed E-state index contributed by atoms with van der Waals surface area (Å²) in [4.78, 5) is 14.2. The number of nitrogens with one attached hydrogen (secondary N) is 1. The van der Waals surface area contributed by atoms with Crippen molar-refractivity contribution < 1.29 is 14.3 Å². The van der Waals surface area contributed by atoms with Crippen molar-refractivity contribution in [1.82, 2.24) is 5.32 Å². The predicted octanol–water partition coefficient (Wildman–Crippen LogP) is 1.75. The van der Waals surface area contributed by atoms with Crippen LogP contribution >= 0.6 is 0 Å². The Labute approximate surface area is 136 Å². The maximum Gasteiger partial charge on any atom is 0.251 e. The molecule has 2 heterocycles. The van der Waals surface area contributed by atoms with Crippen LogP contribution in [0.1, 0.15) is 36.5 Å². The predicted molar refractivity (Wildman–Crippen MR) is 89.6 cm³/mol. The molecule has 1 amide bonds. The van der Waals surface area contributed by atoms with Gasteiger partial charge >= 0.3 is 0 Å². The van der Waals surface area contributed by atoms with Gasteiger partial charge in [0.15, 0.2) is 5.79 Å². The second kappa shape index (κ2) is 6.76. The lowest BCUT2D eigenvalue weighted by Crippen LogP contribution is -2.45. The molecule has 3 rings (SSSR count). The molecule has 1 aromatic carbocycles. The van der Waals surface area contributed by atoms with Gasteiger partial charge in [0.1, 0.15) is 0 Å². The molecule has 0 aromatic heterocycles. The summed E-state index contributed by atoms with van der Waals surface area (Å²) in [6, 6.07) is 5.53. The molecule has 1 aromatic rings. The number of hydrogen-bond acceptors (Lipinski definition) is 5. The second-order valence-electron chi connectivity index (χ2n) is 6.12. The van der Waals surface area contributed by atoms with E-state index in [1.54, 1.807) is 6.07 Å². The molecule has 23 heavy (non-hydrogen) atoms. The van der Waals surface area contributed by atoms with Crippen LogP contribution in [0.3, 0.4) is 0 Å². The summed E-state index contributed by atoms with van der Waals surface area (Å²) >= 11 is 0. The number of amides is 1. The van der Waals surface area contributed by atoms with Crippen molar-refractivity contribution in [3.05, 3.63) is 23.8 Å². The average Bonchev–Trinajstić information content (AvgIpc) is 3.02. The Morgan fingerprint density at radius 2 is 2.00 bits per heavy atom. The molecule has 6 heteroatoms. The van der Waals surface area contributed by atoms with Gasteiger partial charge in [0.05, 0.1) is 24.6 Å². The minimum absolute atomic E-state index is 0.0737. The molecule has 2 fully saturated rings. The Hall–Kier alpha value is -1.79. The monoisotopic (exact) mass is 319 g/mol. The minimum atomic E-state index is -0.384. The molecule has 0 aliphatic carbocycles. The fourth-order valence-corrected chi connectivity index (χ4v) is 3.20. The SMILES string of the molecule is CCCNC(=O)c1ccc(N2CCC3(CC2)OCCO3)c(N)c1. The summed E-state index contributed by atoms with van der Waals surface area (Å²) in [5.74, 6) is -0.457. The fourth-order valence-electron chi connectivity index (χ4n) is 3.20. The lowest BCUT2D eigenvalue weighted by molar-refractivity contribution is -0.169. The highest BCUT2D eigenvalue weighted by Gasteiger charge is 2.40. The van der Waals surface area contributed by atoms with Crippen molar-refractivity contribution >= 4 is 17.3 Å². The molecule has 126 valence electrons. The molecular weight excluding hydrogens is 294 g/mol. The molecule has 3 N–H and O–H groups in total. The van der Waals surface area contributed by atoms with E-state index in [1.165, 1.54) is 0 Å². The first-order chi connectivity index (χ1) is 11.1. The summed E-state index contributed by atoms with van der Waals surface area (Å²) in [6.45, 7) is 5.75. The number of nitrogen functional groups attached to an aromatic ring is 1. The van der Waals surface area contributed by atoms with E-state index in [2.05, 4.69) is 10.2 Å². The fraction of sp³-hybridized carbons (Fsp3) is 0.588. The molecule has 0 unspecified atom stereocenters. The van der Waals surface area contributed by atoms with Crippen molar-refractivity contribution in [3.8, 4) is 0 Å².